The van der Waals surface area contributed by atoms with E-state index in [0.29, 0.717) is 12.0 Å². The van der Waals surface area contributed by atoms with E-state index >= 15 is 0 Å². The molecule has 2 nitrogen and oxygen atoms in total. The maximum atomic E-state index is 6.02. The van der Waals surface area contributed by atoms with Crippen molar-refractivity contribution in [2.75, 3.05) is 20.2 Å². The Bertz CT molecular complexity index is 153. The van der Waals surface area contributed by atoms with E-state index in [1.54, 1.807) is 0 Å². The molecule has 1 atom stereocenters. The van der Waals surface area contributed by atoms with Crippen LogP contribution in [-0.2, 0) is 4.74 Å². The monoisotopic (exact) mass is 213 g/mol. The van der Waals surface area contributed by atoms with Crippen molar-refractivity contribution < 1.29 is 4.74 Å². The van der Waals surface area contributed by atoms with Gasteiger partial charge in [0.05, 0.1) is 6.10 Å². The van der Waals surface area contributed by atoms with Gasteiger partial charge in [-0.25, -0.2) is 0 Å². The summed E-state index contributed by atoms with van der Waals surface area (Å²) in [7, 11) is 2.00. The van der Waals surface area contributed by atoms with Gasteiger partial charge < -0.3 is 10.1 Å². The third kappa shape index (κ3) is 4.98. The molecule has 0 saturated heterocycles. The molecule has 0 aliphatic heterocycles. The summed E-state index contributed by atoms with van der Waals surface area (Å²) in [5, 5.41) is 3.21. The summed E-state index contributed by atoms with van der Waals surface area (Å²) in [6.07, 6.45) is 7.39. The highest BCUT2D eigenvalue weighted by atomic mass is 16.5. The molecule has 2 heteroatoms. The normalized spacial score (nSPS) is 20.8. The quantitative estimate of drug-likeness (QED) is 0.732. The third-order valence-electron chi connectivity index (χ3n) is 3.42. The van der Waals surface area contributed by atoms with E-state index in [4.69, 9.17) is 4.74 Å². The first-order valence-corrected chi connectivity index (χ1v) is 6.50. The third-order valence-corrected chi connectivity index (χ3v) is 3.42. The standard InChI is InChI=1S/C13H27NO/c1-11(2)13(9-14-3)15-10-12-7-5-4-6-8-12/h11-14H,4-10H2,1-3H3. The Morgan fingerprint density at radius 1 is 1.20 bits per heavy atom. The predicted molar refractivity (Wildman–Crippen MR) is 65.1 cm³/mol. The lowest BCUT2D eigenvalue weighted by Crippen LogP contribution is -2.33. The molecule has 15 heavy (non-hydrogen) atoms. The summed E-state index contributed by atoms with van der Waals surface area (Å²) in [5.74, 6) is 1.44. The van der Waals surface area contributed by atoms with Gasteiger partial charge in [-0.1, -0.05) is 33.1 Å². The van der Waals surface area contributed by atoms with E-state index in [1.165, 1.54) is 32.1 Å². The van der Waals surface area contributed by atoms with Gasteiger partial charge in [0.15, 0.2) is 0 Å². The second kappa shape index (κ2) is 7.24. The lowest BCUT2D eigenvalue weighted by molar-refractivity contribution is -0.00269. The highest BCUT2D eigenvalue weighted by Crippen LogP contribution is 2.24. The van der Waals surface area contributed by atoms with Crippen molar-refractivity contribution in [3.63, 3.8) is 0 Å². The molecule has 1 saturated carbocycles. The molecule has 0 heterocycles. The molecule has 0 aromatic carbocycles. The van der Waals surface area contributed by atoms with E-state index in [0.717, 1.165) is 19.1 Å². The van der Waals surface area contributed by atoms with Gasteiger partial charge in [-0.2, -0.15) is 0 Å². The Kier molecular flexibility index (Phi) is 6.26. The van der Waals surface area contributed by atoms with E-state index in [-0.39, 0.29) is 0 Å². The molecule has 0 aromatic heterocycles. The number of nitrogens with one attached hydrogen (secondary N) is 1. The van der Waals surface area contributed by atoms with Crippen LogP contribution < -0.4 is 5.32 Å². The van der Waals surface area contributed by atoms with E-state index in [1.807, 2.05) is 7.05 Å². The van der Waals surface area contributed by atoms with Crippen LogP contribution in [0.4, 0.5) is 0 Å². The van der Waals surface area contributed by atoms with Gasteiger partial charge in [-0.05, 0) is 31.7 Å². The van der Waals surface area contributed by atoms with Crippen molar-refractivity contribution in [1.82, 2.24) is 5.32 Å². The molecule has 0 spiro atoms. The lowest BCUT2D eigenvalue weighted by Gasteiger charge is -2.26. The van der Waals surface area contributed by atoms with Crippen molar-refractivity contribution in [3.8, 4) is 0 Å². The van der Waals surface area contributed by atoms with Crippen molar-refractivity contribution in [1.29, 1.82) is 0 Å². The van der Waals surface area contributed by atoms with Gasteiger partial charge in [0.1, 0.15) is 0 Å². The highest BCUT2D eigenvalue weighted by Gasteiger charge is 2.18. The number of hydrogen-bond donors (Lipinski definition) is 1. The summed E-state index contributed by atoms with van der Waals surface area (Å²) in [5.41, 5.74) is 0. The van der Waals surface area contributed by atoms with Gasteiger partial charge in [-0.3, -0.25) is 0 Å². The Labute approximate surface area is 94.8 Å². The van der Waals surface area contributed by atoms with Gasteiger partial charge in [0.25, 0.3) is 0 Å². The van der Waals surface area contributed by atoms with Crippen LogP contribution in [0.2, 0.25) is 0 Å². The molecule has 1 fully saturated rings. The molecule has 1 aliphatic rings. The molecule has 1 N–H and O–H groups in total. The van der Waals surface area contributed by atoms with Crippen molar-refractivity contribution >= 4 is 0 Å². The fourth-order valence-corrected chi connectivity index (χ4v) is 2.30. The number of hydrogen-bond acceptors (Lipinski definition) is 2. The maximum absolute atomic E-state index is 6.02. The number of ether oxygens (including phenoxy) is 1. The van der Waals surface area contributed by atoms with Crippen LogP contribution in [0.3, 0.4) is 0 Å². The number of rotatable bonds is 6. The van der Waals surface area contributed by atoms with E-state index in [9.17, 15) is 0 Å². The van der Waals surface area contributed by atoms with Crippen molar-refractivity contribution in [2.24, 2.45) is 11.8 Å². The Morgan fingerprint density at radius 3 is 2.40 bits per heavy atom. The first-order valence-electron chi connectivity index (χ1n) is 6.50. The average Bonchev–Trinajstić information content (AvgIpc) is 2.25. The Morgan fingerprint density at radius 2 is 1.87 bits per heavy atom. The highest BCUT2D eigenvalue weighted by molar-refractivity contribution is 4.69. The molecule has 0 bridgehead atoms. The second-order valence-electron chi connectivity index (χ2n) is 5.18. The van der Waals surface area contributed by atoms with Crippen molar-refractivity contribution in [2.45, 2.75) is 52.1 Å². The minimum absolute atomic E-state index is 0.386. The minimum Gasteiger partial charge on any atom is -0.376 e. The zero-order valence-corrected chi connectivity index (χ0v) is 10.6. The van der Waals surface area contributed by atoms with E-state index < -0.39 is 0 Å². The zero-order chi connectivity index (χ0) is 11.1. The van der Waals surface area contributed by atoms with Crippen LogP contribution in [0.5, 0.6) is 0 Å². The summed E-state index contributed by atoms with van der Waals surface area (Å²) in [6.45, 7) is 6.43. The molecule has 0 radical (unpaired) electrons. The van der Waals surface area contributed by atoms with Crippen LogP contribution in [0.25, 0.3) is 0 Å². The largest absolute Gasteiger partial charge is 0.376 e. The van der Waals surface area contributed by atoms with Crippen LogP contribution in [-0.4, -0.2) is 26.3 Å². The Balaban J connectivity index is 2.19. The SMILES string of the molecule is CNCC(OCC1CCCCC1)C(C)C. The molecular formula is C13H27NO. The van der Waals surface area contributed by atoms with Crippen LogP contribution in [0.15, 0.2) is 0 Å². The van der Waals surface area contributed by atoms with Gasteiger partial charge in [0.2, 0.25) is 0 Å². The van der Waals surface area contributed by atoms with Gasteiger partial charge in [0, 0.05) is 13.2 Å². The average molecular weight is 213 g/mol. The zero-order valence-electron chi connectivity index (χ0n) is 10.6. The smallest absolute Gasteiger partial charge is 0.0722 e. The molecule has 0 aromatic rings. The number of likely N-dealkylation sites (N-methyl/N-ethyl adjacent to an activating group) is 1. The topological polar surface area (TPSA) is 21.3 Å². The molecule has 90 valence electrons. The minimum atomic E-state index is 0.386. The summed E-state index contributed by atoms with van der Waals surface area (Å²) in [4.78, 5) is 0. The first kappa shape index (κ1) is 13.0. The fraction of sp³-hybridized carbons (Fsp3) is 1.00. The summed E-state index contributed by atoms with van der Waals surface area (Å²) in [6, 6.07) is 0. The summed E-state index contributed by atoms with van der Waals surface area (Å²) < 4.78 is 6.02. The van der Waals surface area contributed by atoms with E-state index in [2.05, 4.69) is 19.2 Å². The van der Waals surface area contributed by atoms with Gasteiger partial charge >= 0.3 is 0 Å². The molecule has 1 rings (SSSR count). The van der Waals surface area contributed by atoms with Crippen LogP contribution in [0, 0.1) is 11.8 Å². The molecule has 1 aliphatic carbocycles. The van der Waals surface area contributed by atoms with Crippen LogP contribution >= 0.6 is 0 Å². The predicted octanol–water partition coefficient (Wildman–Crippen LogP) is 2.83. The maximum Gasteiger partial charge on any atom is 0.0722 e. The van der Waals surface area contributed by atoms with Crippen LogP contribution in [0.1, 0.15) is 46.0 Å². The summed E-state index contributed by atoms with van der Waals surface area (Å²) >= 11 is 0. The first-order chi connectivity index (χ1) is 7.24. The Hall–Kier alpha value is -0.0800. The fourth-order valence-electron chi connectivity index (χ4n) is 2.30. The molecule has 1 unspecified atom stereocenters. The van der Waals surface area contributed by atoms with Crippen molar-refractivity contribution in [3.05, 3.63) is 0 Å². The molecule has 0 amide bonds. The van der Waals surface area contributed by atoms with Gasteiger partial charge in [-0.15, -0.1) is 0 Å². The molecular weight excluding hydrogens is 186 g/mol. The second-order valence-corrected chi connectivity index (χ2v) is 5.18. The lowest BCUT2D eigenvalue weighted by atomic mass is 9.90.